The molecule has 0 aromatic rings. The molecule has 0 saturated carbocycles. The molecule has 0 spiro atoms. The maximum Gasteiger partial charge on any atom is 0.234 e. The third-order valence-corrected chi connectivity index (χ3v) is 6.52. The van der Waals surface area contributed by atoms with Gasteiger partial charge in [-0.2, -0.15) is 0 Å². The van der Waals surface area contributed by atoms with Gasteiger partial charge in [0.15, 0.2) is 0 Å². The second-order valence-corrected chi connectivity index (χ2v) is 9.23. The van der Waals surface area contributed by atoms with Gasteiger partial charge in [-0.15, -0.1) is 0 Å². The second-order valence-electron chi connectivity index (χ2n) is 9.23. The van der Waals surface area contributed by atoms with Crippen molar-refractivity contribution >= 4 is 5.91 Å². The molecule has 0 aromatic heterocycles. The Kier molecular flexibility index (Phi) is 10.2. The fourth-order valence-electron chi connectivity index (χ4n) is 4.68. The molecule has 0 aliphatic carbocycles. The van der Waals surface area contributed by atoms with Crippen LogP contribution >= 0.6 is 0 Å². The van der Waals surface area contributed by atoms with E-state index in [2.05, 4.69) is 59.5 Å². The van der Waals surface area contributed by atoms with E-state index in [1.165, 1.54) is 52.1 Å². The zero-order chi connectivity index (χ0) is 20.5. The summed E-state index contributed by atoms with van der Waals surface area (Å²) in [5, 5.41) is 3.12. The van der Waals surface area contributed by atoms with E-state index in [1.54, 1.807) is 0 Å². The lowest BCUT2D eigenvalue weighted by molar-refractivity contribution is -0.122. The number of likely N-dealkylation sites (N-methyl/N-ethyl adjacent to an activating group) is 1. The number of nitrogens with zero attached hydrogens (tertiary/aromatic N) is 4. The minimum Gasteiger partial charge on any atom is -0.354 e. The van der Waals surface area contributed by atoms with Crippen LogP contribution < -0.4 is 5.32 Å². The van der Waals surface area contributed by atoms with Crippen LogP contribution in [0.1, 0.15) is 47.5 Å². The molecule has 1 N–H and O–H groups in total. The van der Waals surface area contributed by atoms with Gasteiger partial charge in [-0.3, -0.25) is 14.6 Å². The molecule has 164 valence electrons. The van der Waals surface area contributed by atoms with Gasteiger partial charge in [0, 0.05) is 57.9 Å². The van der Waals surface area contributed by atoms with Gasteiger partial charge in [0.1, 0.15) is 0 Å². The van der Waals surface area contributed by atoms with Gasteiger partial charge in [-0.1, -0.05) is 6.92 Å². The van der Waals surface area contributed by atoms with E-state index in [0.29, 0.717) is 18.6 Å². The number of piperidine rings is 1. The van der Waals surface area contributed by atoms with Crippen molar-refractivity contribution in [3.05, 3.63) is 0 Å². The number of amides is 1. The topological polar surface area (TPSA) is 42.1 Å². The zero-order valence-corrected chi connectivity index (χ0v) is 19.1. The van der Waals surface area contributed by atoms with Gasteiger partial charge < -0.3 is 15.1 Å². The van der Waals surface area contributed by atoms with Crippen molar-refractivity contribution in [1.82, 2.24) is 24.9 Å². The van der Waals surface area contributed by atoms with Gasteiger partial charge in [0.25, 0.3) is 0 Å². The lowest BCUT2D eigenvalue weighted by Crippen LogP contribution is -2.49. The van der Waals surface area contributed by atoms with Crippen LogP contribution in [0.2, 0.25) is 0 Å². The first-order valence-electron chi connectivity index (χ1n) is 11.6. The molecule has 6 heteroatoms. The number of rotatable bonds is 10. The molecular weight excluding hydrogens is 350 g/mol. The van der Waals surface area contributed by atoms with Crippen LogP contribution in [-0.4, -0.2) is 110 Å². The third kappa shape index (κ3) is 7.97. The summed E-state index contributed by atoms with van der Waals surface area (Å²) in [5.41, 5.74) is 0. The number of nitrogens with one attached hydrogen (secondary N) is 1. The van der Waals surface area contributed by atoms with E-state index in [1.807, 2.05) is 0 Å². The van der Waals surface area contributed by atoms with Gasteiger partial charge in [-0.05, 0) is 66.1 Å². The van der Waals surface area contributed by atoms with Crippen LogP contribution in [0, 0.1) is 5.92 Å². The highest BCUT2D eigenvalue weighted by Crippen LogP contribution is 2.19. The van der Waals surface area contributed by atoms with Gasteiger partial charge in [0.2, 0.25) is 5.91 Å². The summed E-state index contributed by atoms with van der Waals surface area (Å²) in [7, 11) is 0. The molecule has 0 unspecified atom stereocenters. The number of hydrogen-bond donors (Lipinski definition) is 1. The van der Waals surface area contributed by atoms with Crippen LogP contribution in [-0.2, 0) is 4.79 Å². The van der Waals surface area contributed by atoms with Gasteiger partial charge >= 0.3 is 0 Å². The summed E-state index contributed by atoms with van der Waals surface area (Å²) >= 11 is 0. The Bertz CT molecular complexity index is 432. The lowest BCUT2D eigenvalue weighted by Gasteiger charge is -2.38. The Morgan fingerprint density at radius 2 is 1.50 bits per heavy atom. The van der Waals surface area contributed by atoms with E-state index in [4.69, 9.17) is 0 Å². The quantitative estimate of drug-likeness (QED) is 0.608. The van der Waals surface area contributed by atoms with Crippen molar-refractivity contribution < 1.29 is 4.79 Å². The summed E-state index contributed by atoms with van der Waals surface area (Å²) in [6.45, 7) is 22.8. The average Bonchev–Trinajstić information content (AvgIpc) is 2.67. The monoisotopic (exact) mass is 395 g/mol. The molecule has 2 fully saturated rings. The van der Waals surface area contributed by atoms with Crippen LogP contribution in [0.4, 0.5) is 0 Å². The van der Waals surface area contributed by atoms with Gasteiger partial charge in [-0.25, -0.2) is 0 Å². The molecule has 1 amide bonds. The average molecular weight is 396 g/mol. The Morgan fingerprint density at radius 1 is 0.929 bits per heavy atom. The molecule has 2 aliphatic heterocycles. The standard InChI is InChI=1S/C22H45N5O/c1-6-24-13-15-26(16-14-24)17-21-7-10-25(11-8-21)18-22(28)23-9-12-27(19(2)3)20(4)5/h19-21H,6-18H2,1-5H3,(H,23,28). The fourth-order valence-corrected chi connectivity index (χ4v) is 4.68. The van der Waals surface area contributed by atoms with E-state index in [0.717, 1.165) is 32.1 Å². The number of piperazine rings is 1. The largest absolute Gasteiger partial charge is 0.354 e. The molecule has 2 heterocycles. The van der Waals surface area contributed by atoms with Gasteiger partial charge in [0.05, 0.1) is 6.54 Å². The predicted octanol–water partition coefficient (Wildman–Crippen LogP) is 1.57. The molecule has 2 saturated heterocycles. The maximum atomic E-state index is 12.3. The molecule has 6 nitrogen and oxygen atoms in total. The van der Waals surface area contributed by atoms with Crippen molar-refractivity contribution in [2.75, 3.05) is 72.0 Å². The molecular formula is C22H45N5O. The molecule has 0 atom stereocenters. The number of likely N-dealkylation sites (tertiary alicyclic amines) is 1. The van der Waals surface area contributed by atoms with Crippen molar-refractivity contribution in [2.45, 2.75) is 59.5 Å². The van der Waals surface area contributed by atoms with E-state index >= 15 is 0 Å². The summed E-state index contributed by atoms with van der Waals surface area (Å²) in [6, 6.07) is 1.03. The van der Waals surface area contributed by atoms with E-state index in [-0.39, 0.29) is 5.91 Å². The molecule has 2 rings (SSSR count). The van der Waals surface area contributed by atoms with Crippen molar-refractivity contribution in [3.63, 3.8) is 0 Å². The smallest absolute Gasteiger partial charge is 0.234 e. The first-order valence-corrected chi connectivity index (χ1v) is 11.6. The van der Waals surface area contributed by atoms with Crippen LogP contribution in [0.25, 0.3) is 0 Å². The SMILES string of the molecule is CCN1CCN(CC2CCN(CC(=O)NCCN(C(C)C)C(C)C)CC2)CC1. The van der Waals surface area contributed by atoms with Crippen molar-refractivity contribution in [2.24, 2.45) is 5.92 Å². The molecule has 0 aromatic carbocycles. The summed E-state index contributed by atoms with van der Waals surface area (Å²) in [5.74, 6) is 0.986. The minimum absolute atomic E-state index is 0.182. The van der Waals surface area contributed by atoms with E-state index in [9.17, 15) is 4.79 Å². The zero-order valence-electron chi connectivity index (χ0n) is 19.1. The highest BCUT2D eigenvalue weighted by molar-refractivity contribution is 5.78. The Morgan fingerprint density at radius 3 is 2.04 bits per heavy atom. The van der Waals surface area contributed by atoms with Crippen molar-refractivity contribution in [3.8, 4) is 0 Å². The third-order valence-electron chi connectivity index (χ3n) is 6.52. The fraction of sp³-hybridized carbons (Fsp3) is 0.955. The normalized spacial score (nSPS) is 21.1. The number of carbonyl (C=O) groups is 1. The first-order chi connectivity index (χ1) is 13.4. The summed E-state index contributed by atoms with van der Waals surface area (Å²) in [6.07, 6.45) is 2.46. The Balaban J connectivity index is 1.58. The highest BCUT2D eigenvalue weighted by Gasteiger charge is 2.24. The molecule has 28 heavy (non-hydrogen) atoms. The highest BCUT2D eigenvalue weighted by atomic mass is 16.2. The first kappa shape index (κ1) is 23.6. The Labute approximate surface area is 173 Å². The predicted molar refractivity (Wildman–Crippen MR) is 118 cm³/mol. The summed E-state index contributed by atoms with van der Waals surface area (Å²) in [4.78, 5) is 22.3. The second kappa shape index (κ2) is 12.1. The minimum atomic E-state index is 0.182. The molecule has 0 bridgehead atoms. The lowest BCUT2D eigenvalue weighted by atomic mass is 9.96. The van der Waals surface area contributed by atoms with E-state index < -0.39 is 0 Å². The van der Waals surface area contributed by atoms with Crippen LogP contribution in [0.3, 0.4) is 0 Å². The summed E-state index contributed by atoms with van der Waals surface area (Å²) < 4.78 is 0. The maximum absolute atomic E-state index is 12.3. The van der Waals surface area contributed by atoms with Crippen LogP contribution in [0.15, 0.2) is 0 Å². The molecule has 2 aliphatic rings. The number of carbonyl (C=O) groups excluding carboxylic acids is 1. The van der Waals surface area contributed by atoms with Crippen LogP contribution in [0.5, 0.6) is 0 Å². The molecule has 0 radical (unpaired) electrons. The number of hydrogen-bond acceptors (Lipinski definition) is 5. The Hall–Kier alpha value is -0.690. The van der Waals surface area contributed by atoms with Crippen molar-refractivity contribution in [1.29, 1.82) is 0 Å².